The van der Waals surface area contributed by atoms with Crippen molar-refractivity contribution in [3.8, 4) is 6.07 Å². The van der Waals surface area contributed by atoms with E-state index in [-0.39, 0.29) is 22.0 Å². The Kier molecular flexibility index (Phi) is 8.38. The number of carbonyl (C=O) groups excluding carboxylic acids is 2. The molecule has 0 aliphatic rings. The Hall–Kier alpha value is -4.65. The Morgan fingerprint density at radius 1 is 0.947 bits per heavy atom. The lowest BCUT2D eigenvalue weighted by atomic mass is 10.1. The Morgan fingerprint density at radius 3 is 2.29 bits per heavy atom. The van der Waals surface area contributed by atoms with Gasteiger partial charge in [-0.1, -0.05) is 78.0 Å². The molecule has 38 heavy (non-hydrogen) atoms. The van der Waals surface area contributed by atoms with Gasteiger partial charge in [0.05, 0.1) is 26.8 Å². The monoisotopic (exact) mass is 543 g/mol. The van der Waals surface area contributed by atoms with Crippen LogP contribution in [0.5, 0.6) is 0 Å². The van der Waals surface area contributed by atoms with Gasteiger partial charge in [0.1, 0.15) is 6.07 Å². The Balaban J connectivity index is 1.62. The van der Waals surface area contributed by atoms with Crippen molar-refractivity contribution >= 4 is 46.6 Å². The quantitative estimate of drug-likeness (QED) is 0.147. The lowest BCUT2D eigenvalue weighted by molar-refractivity contribution is -0.384. The molecular weight excluding hydrogens is 526 g/mol. The number of rotatable bonds is 8. The molecule has 1 N–H and O–H groups in total. The van der Waals surface area contributed by atoms with E-state index in [1.54, 1.807) is 78.9 Å². The lowest BCUT2D eigenvalue weighted by Gasteiger charge is -2.19. The van der Waals surface area contributed by atoms with Crippen molar-refractivity contribution in [3.63, 3.8) is 0 Å². The van der Waals surface area contributed by atoms with Crippen molar-refractivity contribution in [3.05, 3.63) is 129 Å². The summed E-state index contributed by atoms with van der Waals surface area (Å²) in [6, 6.07) is 27.9. The normalized spacial score (nSPS) is 11.2. The number of anilines is 1. The van der Waals surface area contributed by atoms with Crippen LogP contribution in [0.15, 0.2) is 107 Å². The van der Waals surface area contributed by atoms with E-state index in [0.717, 1.165) is 6.07 Å². The molecule has 0 bridgehead atoms. The second kappa shape index (κ2) is 12.1. The third-order valence-electron chi connectivity index (χ3n) is 5.32. The van der Waals surface area contributed by atoms with Gasteiger partial charge >= 0.3 is 5.97 Å². The van der Waals surface area contributed by atoms with Gasteiger partial charge in [0.2, 0.25) is 6.10 Å². The first-order chi connectivity index (χ1) is 18.4. The van der Waals surface area contributed by atoms with Crippen LogP contribution in [-0.2, 0) is 9.53 Å². The van der Waals surface area contributed by atoms with E-state index in [1.165, 1.54) is 23.9 Å². The number of benzene rings is 4. The molecule has 0 heterocycles. The molecular formula is C28H18ClN3O5S. The van der Waals surface area contributed by atoms with Crippen LogP contribution in [0.25, 0.3) is 0 Å². The molecule has 0 aliphatic carbocycles. The molecule has 0 saturated heterocycles. The summed E-state index contributed by atoms with van der Waals surface area (Å²) >= 11 is 7.38. The molecule has 0 fully saturated rings. The van der Waals surface area contributed by atoms with Gasteiger partial charge in [0.25, 0.3) is 11.6 Å². The molecule has 0 unspecified atom stereocenters. The number of hydrogen-bond donors (Lipinski definition) is 1. The molecule has 4 rings (SSSR count). The van der Waals surface area contributed by atoms with Gasteiger partial charge in [-0.3, -0.25) is 14.9 Å². The lowest BCUT2D eigenvalue weighted by Crippen LogP contribution is -2.26. The van der Waals surface area contributed by atoms with Gasteiger partial charge in [-0.15, -0.1) is 0 Å². The number of non-ortho nitro benzene ring substituents is 1. The van der Waals surface area contributed by atoms with Crippen LogP contribution < -0.4 is 5.32 Å². The Labute approximate surface area is 227 Å². The first-order valence-electron chi connectivity index (χ1n) is 11.1. The summed E-state index contributed by atoms with van der Waals surface area (Å²) in [5, 5.41) is 23.0. The van der Waals surface area contributed by atoms with Gasteiger partial charge in [-0.2, -0.15) is 5.26 Å². The predicted molar refractivity (Wildman–Crippen MR) is 143 cm³/mol. The zero-order chi connectivity index (χ0) is 27.1. The summed E-state index contributed by atoms with van der Waals surface area (Å²) in [7, 11) is 0. The number of nitriles is 1. The molecule has 1 amide bonds. The molecule has 4 aromatic carbocycles. The van der Waals surface area contributed by atoms with E-state index in [9.17, 15) is 25.0 Å². The van der Waals surface area contributed by atoms with Crippen molar-refractivity contribution < 1.29 is 19.2 Å². The van der Waals surface area contributed by atoms with E-state index in [1.807, 2.05) is 0 Å². The van der Waals surface area contributed by atoms with Crippen LogP contribution >= 0.6 is 23.4 Å². The zero-order valence-electron chi connectivity index (χ0n) is 19.5. The maximum Gasteiger partial charge on any atom is 0.340 e. The maximum absolute atomic E-state index is 13.4. The highest BCUT2D eigenvalue weighted by Crippen LogP contribution is 2.34. The summed E-state index contributed by atoms with van der Waals surface area (Å²) in [5.74, 6) is -1.44. The number of hydrogen-bond acceptors (Lipinski definition) is 7. The van der Waals surface area contributed by atoms with E-state index in [2.05, 4.69) is 11.4 Å². The smallest absolute Gasteiger partial charge is 0.340 e. The predicted octanol–water partition coefficient (Wildman–Crippen LogP) is 6.81. The number of amides is 1. The van der Waals surface area contributed by atoms with E-state index >= 15 is 0 Å². The molecule has 0 saturated carbocycles. The van der Waals surface area contributed by atoms with Gasteiger partial charge in [0.15, 0.2) is 0 Å². The first-order valence-corrected chi connectivity index (χ1v) is 12.3. The fraction of sp³-hybridized carbons (Fsp3) is 0.0357. The average molecular weight is 544 g/mol. The molecule has 0 aromatic heterocycles. The van der Waals surface area contributed by atoms with Crippen molar-refractivity contribution in [1.82, 2.24) is 0 Å². The van der Waals surface area contributed by atoms with Crippen LogP contribution in [0.2, 0.25) is 5.02 Å². The Morgan fingerprint density at radius 2 is 1.61 bits per heavy atom. The standard InChI is InChI=1S/C28H18ClN3O5S/c29-22-16-20(32(35)36)14-15-23(22)31-27(33)26(18-8-2-1-3-9-18)37-28(34)21-11-5-7-13-25(21)38-24-12-6-4-10-19(24)17-30/h1-16,26H,(H,31,33)/t26-/m1/s1. The summed E-state index contributed by atoms with van der Waals surface area (Å²) < 4.78 is 5.71. The number of nitro groups is 1. The molecule has 0 spiro atoms. The number of carbonyl (C=O) groups is 2. The van der Waals surface area contributed by atoms with Crippen LogP contribution in [0.3, 0.4) is 0 Å². The second-order valence-corrected chi connectivity index (χ2v) is 9.30. The number of nitrogens with zero attached hydrogens (tertiary/aromatic N) is 2. The van der Waals surface area contributed by atoms with Crippen molar-refractivity contribution in [1.29, 1.82) is 5.26 Å². The van der Waals surface area contributed by atoms with Gasteiger partial charge in [0, 0.05) is 27.5 Å². The Bertz CT molecular complexity index is 1560. The van der Waals surface area contributed by atoms with Crippen molar-refractivity contribution in [2.24, 2.45) is 0 Å². The van der Waals surface area contributed by atoms with Crippen LogP contribution in [-0.4, -0.2) is 16.8 Å². The van der Waals surface area contributed by atoms with E-state index in [4.69, 9.17) is 16.3 Å². The van der Waals surface area contributed by atoms with Crippen LogP contribution in [0, 0.1) is 21.4 Å². The second-order valence-electron chi connectivity index (χ2n) is 7.81. The highest BCUT2D eigenvalue weighted by molar-refractivity contribution is 7.99. The van der Waals surface area contributed by atoms with Gasteiger partial charge < -0.3 is 10.1 Å². The average Bonchev–Trinajstić information content (AvgIpc) is 2.93. The molecule has 4 aromatic rings. The third kappa shape index (κ3) is 6.18. The van der Waals surface area contributed by atoms with Crippen LogP contribution in [0.1, 0.15) is 27.6 Å². The van der Waals surface area contributed by atoms with E-state index in [0.29, 0.717) is 20.9 Å². The molecule has 0 radical (unpaired) electrons. The zero-order valence-corrected chi connectivity index (χ0v) is 21.1. The molecule has 10 heteroatoms. The number of halogens is 1. The number of nitrogens with one attached hydrogen (secondary N) is 1. The summed E-state index contributed by atoms with van der Waals surface area (Å²) in [4.78, 5) is 38.3. The minimum absolute atomic E-state index is 0.0383. The topological polar surface area (TPSA) is 122 Å². The van der Waals surface area contributed by atoms with Crippen molar-refractivity contribution in [2.45, 2.75) is 15.9 Å². The fourth-order valence-electron chi connectivity index (χ4n) is 3.48. The third-order valence-corrected chi connectivity index (χ3v) is 6.79. The summed E-state index contributed by atoms with van der Waals surface area (Å²) in [5.41, 5.74) is 0.986. The summed E-state index contributed by atoms with van der Waals surface area (Å²) in [6.45, 7) is 0. The van der Waals surface area contributed by atoms with Crippen LogP contribution in [0.4, 0.5) is 11.4 Å². The highest BCUT2D eigenvalue weighted by atomic mass is 35.5. The maximum atomic E-state index is 13.4. The van der Waals surface area contributed by atoms with Crippen molar-refractivity contribution in [2.75, 3.05) is 5.32 Å². The highest BCUT2D eigenvalue weighted by Gasteiger charge is 2.28. The number of esters is 1. The summed E-state index contributed by atoms with van der Waals surface area (Å²) in [6.07, 6.45) is -1.35. The molecule has 1 atom stereocenters. The minimum atomic E-state index is -1.35. The number of nitro benzene ring substituents is 1. The molecule has 188 valence electrons. The molecule has 8 nitrogen and oxygen atoms in total. The largest absolute Gasteiger partial charge is 0.444 e. The minimum Gasteiger partial charge on any atom is -0.444 e. The fourth-order valence-corrected chi connectivity index (χ4v) is 4.72. The van der Waals surface area contributed by atoms with E-state index < -0.39 is 22.9 Å². The SMILES string of the molecule is N#Cc1ccccc1Sc1ccccc1C(=O)O[C@@H](C(=O)Nc1ccc([N+](=O)[O-])cc1Cl)c1ccccc1. The number of ether oxygens (including phenoxy) is 1. The molecule has 0 aliphatic heterocycles. The van der Waals surface area contributed by atoms with Gasteiger partial charge in [-0.05, 0) is 30.3 Å². The van der Waals surface area contributed by atoms with Gasteiger partial charge in [-0.25, -0.2) is 4.79 Å². The first kappa shape index (κ1) is 26.4.